The molecule has 1 saturated heterocycles. The number of imidazole rings is 1. The van der Waals surface area contributed by atoms with Crippen LogP contribution < -0.4 is 10.1 Å². The highest BCUT2D eigenvalue weighted by molar-refractivity contribution is 5.82. The van der Waals surface area contributed by atoms with Gasteiger partial charge in [0.05, 0.1) is 30.2 Å². The first kappa shape index (κ1) is 18.2. The summed E-state index contributed by atoms with van der Waals surface area (Å²) < 4.78 is 7.52. The standard InChI is InChI=1S/C23H26N4O2/c1-26-20(23(28)24-12-11-15-7-9-17(29-2)10-8-15)13-16-14-27-19-6-4-3-5-18(19)25-22(27)21(16)26/h3-10,16,20-21H,11-14H2,1-2H3,(H,24,28)/t16-,20-,21-/m1/s1. The highest BCUT2D eigenvalue weighted by Crippen LogP contribution is 2.46. The predicted octanol–water partition coefficient (Wildman–Crippen LogP) is 2.78. The van der Waals surface area contributed by atoms with Crippen molar-refractivity contribution in [2.24, 2.45) is 5.92 Å². The fourth-order valence-corrected chi connectivity index (χ4v) is 4.95. The summed E-state index contributed by atoms with van der Waals surface area (Å²) in [5.74, 6) is 2.53. The summed E-state index contributed by atoms with van der Waals surface area (Å²) in [6, 6.07) is 16.4. The number of amides is 1. The number of ether oxygens (including phenoxy) is 1. The number of hydrogen-bond donors (Lipinski definition) is 1. The van der Waals surface area contributed by atoms with E-state index in [-0.39, 0.29) is 18.0 Å². The molecular formula is C23H26N4O2. The van der Waals surface area contributed by atoms with E-state index in [0.29, 0.717) is 12.5 Å². The minimum atomic E-state index is -0.0885. The average Bonchev–Trinajstić information content (AvgIpc) is 3.37. The second-order valence-electron chi connectivity index (χ2n) is 8.08. The van der Waals surface area contributed by atoms with Crippen molar-refractivity contribution in [1.29, 1.82) is 0 Å². The van der Waals surface area contributed by atoms with Gasteiger partial charge in [0.2, 0.25) is 5.91 Å². The molecule has 1 amide bonds. The Morgan fingerprint density at radius 2 is 2.00 bits per heavy atom. The predicted molar refractivity (Wildman–Crippen MR) is 112 cm³/mol. The molecule has 0 aliphatic carbocycles. The van der Waals surface area contributed by atoms with Crippen molar-refractivity contribution < 1.29 is 9.53 Å². The van der Waals surface area contributed by atoms with Crippen LogP contribution in [0.5, 0.6) is 5.75 Å². The summed E-state index contributed by atoms with van der Waals surface area (Å²) in [5, 5.41) is 3.13. The number of fused-ring (bicyclic) bond motifs is 5. The molecule has 2 aromatic carbocycles. The van der Waals surface area contributed by atoms with Gasteiger partial charge in [0.1, 0.15) is 11.6 Å². The summed E-state index contributed by atoms with van der Waals surface area (Å²) in [6.07, 6.45) is 1.70. The SMILES string of the molecule is COc1ccc(CCNC(=O)[C@H]2C[C@@H]3Cn4c(nc5ccccc54)[C@@H]3N2C)cc1. The van der Waals surface area contributed by atoms with Crippen molar-refractivity contribution in [3.05, 3.63) is 59.9 Å². The maximum absolute atomic E-state index is 12.9. The number of carbonyl (C=O) groups is 1. The third-order valence-corrected chi connectivity index (χ3v) is 6.44. The van der Waals surface area contributed by atoms with Crippen molar-refractivity contribution in [3.8, 4) is 5.75 Å². The van der Waals surface area contributed by atoms with E-state index in [9.17, 15) is 4.79 Å². The lowest BCUT2D eigenvalue weighted by Gasteiger charge is -2.23. The zero-order valence-electron chi connectivity index (χ0n) is 16.8. The molecule has 2 aliphatic heterocycles. The summed E-state index contributed by atoms with van der Waals surface area (Å²) in [6.45, 7) is 1.59. The Balaban J connectivity index is 1.23. The minimum absolute atomic E-state index is 0.0885. The van der Waals surface area contributed by atoms with Gasteiger partial charge < -0.3 is 14.6 Å². The molecule has 1 fully saturated rings. The zero-order chi connectivity index (χ0) is 20.0. The van der Waals surface area contributed by atoms with E-state index in [0.717, 1.165) is 36.5 Å². The molecule has 1 aromatic heterocycles. The number of likely N-dealkylation sites (tertiary alicyclic amines) is 1. The fourth-order valence-electron chi connectivity index (χ4n) is 4.95. The average molecular weight is 390 g/mol. The van der Waals surface area contributed by atoms with E-state index in [1.807, 2.05) is 30.3 Å². The molecule has 0 spiro atoms. The number of para-hydroxylation sites is 2. The van der Waals surface area contributed by atoms with Crippen LogP contribution in [0.15, 0.2) is 48.5 Å². The van der Waals surface area contributed by atoms with Gasteiger partial charge in [-0.25, -0.2) is 4.98 Å². The van der Waals surface area contributed by atoms with Gasteiger partial charge in [0.15, 0.2) is 0 Å². The first-order chi connectivity index (χ1) is 14.2. The van der Waals surface area contributed by atoms with Gasteiger partial charge in [-0.15, -0.1) is 0 Å². The van der Waals surface area contributed by atoms with E-state index in [1.54, 1.807) is 7.11 Å². The normalized spacial score (nSPS) is 23.2. The largest absolute Gasteiger partial charge is 0.497 e. The van der Waals surface area contributed by atoms with Crippen molar-refractivity contribution >= 4 is 16.9 Å². The van der Waals surface area contributed by atoms with Crippen molar-refractivity contribution in [1.82, 2.24) is 19.8 Å². The van der Waals surface area contributed by atoms with Crippen LogP contribution in [0.1, 0.15) is 23.9 Å². The smallest absolute Gasteiger partial charge is 0.237 e. The maximum Gasteiger partial charge on any atom is 0.237 e. The number of hydrogen-bond acceptors (Lipinski definition) is 4. The Hall–Kier alpha value is -2.86. The van der Waals surface area contributed by atoms with E-state index in [1.165, 1.54) is 11.1 Å². The Bertz CT molecular complexity index is 1040. The number of methoxy groups -OCH3 is 1. The maximum atomic E-state index is 12.9. The molecule has 150 valence electrons. The lowest BCUT2D eigenvalue weighted by Crippen LogP contribution is -2.42. The molecule has 0 saturated carbocycles. The molecule has 3 atom stereocenters. The van der Waals surface area contributed by atoms with Gasteiger partial charge in [-0.3, -0.25) is 9.69 Å². The second-order valence-corrected chi connectivity index (χ2v) is 8.08. The van der Waals surface area contributed by atoms with Gasteiger partial charge >= 0.3 is 0 Å². The third kappa shape index (κ3) is 3.08. The quantitative estimate of drug-likeness (QED) is 0.728. The summed E-state index contributed by atoms with van der Waals surface area (Å²) in [5.41, 5.74) is 3.43. The van der Waals surface area contributed by atoms with E-state index >= 15 is 0 Å². The Morgan fingerprint density at radius 1 is 1.21 bits per heavy atom. The number of aromatic nitrogens is 2. The zero-order valence-corrected chi connectivity index (χ0v) is 16.8. The van der Waals surface area contributed by atoms with Crippen molar-refractivity contribution in [2.45, 2.75) is 31.5 Å². The lowest BCUT2D eigenvalue weighted by atomic mass is 10.0. The van der Waals surface area contributed by atoms with Gasteiger partial charge in [0, 0.05) is 19.0 Å². The van der Waals surface area contributed by atoms with Crippen LogP contribution in [-0.4, -0.2) is 47.1 Å². The Labute approximate surface area is 170 Å². The molecular weight excluding hydrogens is 364 g/mol. The minimum Gasteiger partial charge on any atom is -0.497 e. The molecule has 0 radical (unpaired) electrons. The number of rotatable bonds is 5. The van der Waals surface area contributed by atoms with Gasteiger partial charge in [-0.2, -0.15) is 0 Å². The molecule has 2 aliphatic rings. The van der Waals surface area contributed by atoms with Gasteiger partial charge in [-0.05, 0) is 49.7 Å². The summed E-state index contributed by atoms with van der Waals surface area (Å²) in [4.78, 5) is 20.0. The third-order valence-electron chi connectivity index (χ3n) is 6.44. The van der Waals surface area contributed by atoms with Gasteiger partial charge in [0.25, 0.3) is 0 Å². The fraction of sp³-hybridized carbons (Fsp3) is 0.391. The lowest BCUT2D eigenvalue weighted by molar-refractivity contribution is -0.125. The van der Waals surface area contributed by atoms with Gasteiger partial charge in [-0.1, -0.05) is 24.3 Å². The molecule has 1 N–H and O–H groups in total. The monoisotopic (exact) mass is 390 g/mol. The van der Waals surface area contributed by atoms with Crippen LogP contribution in [0.3, 0.4) is 0 Å². The molecule has 6 heteroatoms. The van der Waals surface area contributed by atoms with Crippen LogP contribution in [0.4, 0.5) is 0 Å². The van der Waals surface area contributed by atoms with Crippen LogP contribution in [0, 0.1) is 5.92 Å². The van der Waals surface area contributed by atoms with Crippen LogP contribution >= 0.6 is 0 Å². The molecule has 0 bridgehead atoms. The highest BCUT2D eigenvalue weighted by atomic mass is 16.5. The summed E-state index contributed by atoms with van der Waals surface area (Å²) >= 11 is 0. The summed E-state index contributed by atoms with van der Waals surface area (Å²) in [7, 11) is 3.73. The first-order valence-corrected chi connectivity index (χ1v) is 10.2. The molecule has 29 heavy (non-hydrogen) atoms. The molecule has 6 nitrogen and oxygen atoms in total. The molecule has 3 heterocycles. The topological polar surface area (TPSA) is 59.4 Å². The molecule has 3 aromatic rings. The van der Waals surface area contributed by atoms with Crippen LogP contribution in [0.25, 0.3) is 11.0 Å². The Kier molecular flexibility index (Phi) is 4.51. The van der Waals surface area contributed by atoms with E-state index in [2.05, 4.69) is 40.0 Å². The molecule has 0 unspecified atom stereocenters. The first-order valence-electron chi connectivity index (χ1n) is 10.2. The van der Waals surface area contributed by atoms with Crippen LogP contribution in [0.2, 0.25) is 0 Å². The number of nitrogens with one attached hydrogen (secondary N) is 1. The van der Waals surface area contributed by atoms with E-state index in [4.69, 9.17) is 9.72 Å². The number of nitrogens with zero attached hydrogens (tertiary/aromatic N) is 3. The number of benzene rings is 2. The Morgan fingerprint density at radius 3 is 2.79 bits per heavy atom. The van der Waals surface area contributed by atoms with Crippen molar-refractivity contribution in [2.75, 3.05) is 20.7 Å². The van der Waals surface area contributed by atoms with Crippen LogP contribution in [-0.2, 0) is 17.8 Å². The second kappa shape index (κ2) is 7.19. The van der Waals surface area contributed by atoms with Crippen molar-refractivity contribution in [3.63, 3.8) is 0 Å². The van der Waals surface area contributed by atoms with E-state index < -0.39 is 0 Å². The number of likely N-dealkylation sites (N-methyl/N-ethyl adjacent to an activating group) is 1. The number of carbonyl (C=O) groups excluding carboxylic acids is 1. The molecule has 5 rings (SSSR count). The highest BCUT2D eigenvalue weighted by Gasteiger charge is 2.48.